The molecule has 0 bridgehead atoms. The second-order valence-corrected chi connectivity index (χ2v) is 10.1. The van der Waals surface area contributed by atoms with E-state index in [9.17, 15) is 0 Å². The first-order valence-corrected chi connectivity index (χ1v) is 13.8. The smallest absolute Gasteiger partial charge is 0.159 e. The lowest BCUT2D eigenvalue weighted by atomic mass is 9.78. The Bertz CT molecular complexity index is 748. The van der Waals surface area contributed by atoms with Crippen molar-refractivity contribution in [2.45, 2.75) is 110 Å². The Balaban J connectivity index is 1.35. The van der Waals surface area contributed by atoms with E-state index in [1.165, 1.54) is 89.0 Å². The van der Waals surface area contributed by atoms with E-state index in [4.69, 9.17) is 4.74 Å². The van der Waals surface area contributed by atoms with Gasteiger partial charge in [0.05, 0.1) is 6.61 Å². The summed E-state index contributed by atoms with van der Waals surface area (Å²) < 4.78 is 5.90. The highest BCUT2D eigenvalue weighted by Gasteiger charge is 2.20. The fourth-order valence-corrected chi connectivity index (χ4v) is 5.08. The zero-order chi connectivity index (χ0) is 23.1. The summed E-state index contributed by atoms with van der Waals surface area (Å²) >= 11 is 0. The van der Waals surface area contributed by atoms with Gasteiger partial charge < -0.3 is 4.74 Å². The first-order chi connectivity index (χ1) is 16.3. The molecule has 3 nitrogen and oxygen atoms in total. The Morgan fingerprint density at radius 2 is 1.33 bits per heavy atom. The Hall–Kier alpha value is -1.90. The maximum Gasteiger partial charge on any atom is 0.159 e. The van der Waals surface area contributed by atoms with Crippen LogP contribution in [0.2, 0.25) is 0 Å². The first kappa shape index (κ1) is 25.7. The number of hydrogen-bond donors (Lipinski definition) is 0. The molecule has 1 aliphatic rings. The van der Waals surface area contributed by atoms with Gasteiger partial charge in [-0.1, -0.05) is 90.9 Å². The van der Waals surface area contributed by atoms with Crippen molar-refractivity contribution in [3.05, 3.63) is 42.2 Å². The van der Waals surface area contributed by atoms with Gasteiger partial charge in [0.2, 0.25) is 0 Å². The average Bonchev–Trinajstić information content (AvgIpc) is 2.87. The third kappa shape index (κ3) is 9.47. The zero-order valence-electron chi connectivity index (χ0n) is 21.2. The zero-order valence-corrected chi connectivity index (χ0v) is 21.2. The van der Waals surface area contributed by atoms with Crippen LogP contribution in [0.4, 0.5) is 0 Å². The first-order valence-electron chi connectivity index (χ1n) is 13.8. The number of hydrogen-bond acceptors (Lipinski definition) is 3. The summed E-state index contributed by atoms with van der Waals surface area (Å²) in [4.78, 5) is 9.29. The van der Waals surface area contributed by atoms with Crippen molar-refractivity contribution in [2.24, 2.45) is 11.8 Å². The maximum atomic E-state index is 5.90. The molecule has 0 unspecified atom stereocenters. The predicted molar refractivity (Wildman–Crippen MR) is 140 cm³/mol. The molecule has 1 fully saturated rings. The normalized spacial score (nSPS) is 18.4. The highest BCUT2D eigenvalue weighted by molar-refractivity contribution is 5.55. The van der Waals surface area contributed by atoms with Crippen LogP contribution in [-0.2, 0) is 6.42 Å². The maximum absolute atomic E-state index is 5.90. The van der Waals surface area contributed by atoms with Crippen LogP contribution in [0, 0.1) is 11.8 Å². The molecule has 0 atom stereocenters. The van der Waals surface area contributed by atoms with E-state index in [0.717, 1.165) is 48.4 Å². The molecule has 0 spiro atoms. The van der Waals surface area contributed by atoms with Gasteiger partial charge in [0.25, 0.3) is 0 Å². The molecule has 182 valence electrons. The van der Waals surface area contributed by atoms with Crippen molar-refractivity contribution < 1.29 is 4.74 Å². The molecule has 2 aromatic rings. The van der Waals surface area contributed by atoms with Crippen molar-refractivity contribution in [3.63, 3.8) is 0 Å². The molecule has 1 aliphatic carbocycles. The number of unbranched alkanes of at least 4 members (excludes halogenated alkanes) is 6. The second kappa shape index (κ2) is 15.1. The number of ether oxygens (including phenoxy) is 1. The number of rotatable bonds is 15. The molecule has 33 heavy (non-hydrogen) atoms. The molecule has 0 saturated heterocycles. The van der Waals surface area contributed by atoms with Gasteiger partial charge in [-0.05, 0) is 60.9 Å². The standard InChI is InChI=1S/C30H46N2O/c1-3-5-7-8-9-10-22-33-29-20-18-28(19-21-29)30-31-23-27(24-32-30)17-16-26-14-12-25(13-15-26)11-6-4-2/h18-21,23-26H,3-17,22H2,1-2H3. The molecule has 1 aromatic carbocycles. The highest BCUT2D eigenvalue weighted by atomic mass is 16.5. The number of aryl methyl sites for hydroxylation is 1. The Morgan fingerprint density at radius 1 is 0.727 bits per heavy atom. The van der Waals surface area contributed by atoms with Gasteiger partial charge in [-0.3, -0.25) is 0 Å². The topological polar surface area (TPSA) is 35.0 Å². The highest BCUT2D eigenvalue weighted by Crippen LogP contribution is 2.34. The van der Waals surface area contributed by atoms with Crippen molar-refractivity contribution in [2.75, 3.05) is 6.61 Å². The third-order valence-electron chi connectivity index (χ3n) is 7.36. The summed E-state index contributed by atoms with van der Waals surface area (Å²) in [6.45, 7) is 5.37. The molecule has 0 aliphatic heterocycles. The van der Waals surface area contributed by atoms with E-state index in [0.29, 0.717) is 0 Å². The second-order valence-electron chi connectivity index (χ2n) is 10.1. The van der Waals surface area contributed by atoms with Crippen LogP contribution in [0.25, 0.3) is 11.4 Å². The third-order valence-corrected chi connectivity index (χ3v) is 7.36. The van der Waals surface area contributed by atoms with Crippen LogP contribution in [0.15, 0.2) is 36.7 Å². The minimum Gasteiger partial charge on any atom is -0.494 e. The van der Waals surface area contributed by atoms with E-state index >= 15 is 0 Å². The fraction of sp³-hybridized carbons (Fsp3) is 0.667. The summed E-state index contributed by atoms with van der Waals surface area (Å²) in [7, 11) is 0. The Morgan fingerprint density at radius 3 is 2.00 bits per heavy atom. The van der Waals surface area contributed by atoms with Crippen molar-refractivity contribution in [3.8, 4) is 17.1 Å². The lowest BCUT2D eigenvalue weighted by Crippen LogP contribution is -2.15. The number of benzene rings is 1. The van der Waals surface area contributed by atoms with Gasteiger partial charge in [-0.25, -0.2) is 9.97 Å². The van der Waals surface area contributed by atoms with Gasteiger partial charge in [0.15, 0.2) is 5.82 Å². The van der Waals surface area contributed by atoms with E-state index in [1.54, 1.807) is 0 Å². The van der Waals surface area contributed by atoms with Crippen molar-refractivity contribution >= 4 is 0 Å². The molecule has 1 aromatic heterocycles. The van der Waals surface area contributed by atoms with Gasteiger partial charge in [-0.15, -0.1) is 0 Å². The molecule has 3 rings (SSSR count). The molecule has 0 N–H and O–H groups in total. The van der Waals surface area contributed by atoms with Crippen LogP contribution in [0.5, 0.6) is 5.75 Å². The SMILES string of the molecule is CCCCCCCCOc1ccc(-c2ncc(CCC3CCC(CCCC)CC3)cn2)cc1. The minimum atomic E-state index is 0.803. The monoisotopic (exact) mass is 450 g/mol. The van der Waals surface area contributed by atoms with Crippen molar-refractivity contribution in [1.82, 2.24) is 9.97 Å². The van der Waals surface area contributed by atoms with Crippen LogP contribution < -0.4 is 4.74 Å². The van der Waals surface area contributed by atoms with Crippen LogP contribution in [-0.4, -0.2) is 16.6 Å². The summed E-state index contributed by atoms with van der Waals surface area (Å²) in [6, 6.07) is 8.23. The lowest BCUT2D eigenvalue weighted by Gasteiger charge is -2.28. The molecule has 1 saturated carbocycles. The molecule has 3 heteroatoms. The molecule has 1 heterocycles. The Kier molecular flexibility index (Phi) is 11.8. The van der Waals surface area contributed by atoms with Crippen LogP contribution in [0.3, 0.4) is 0 Å². The molecule has 0 amide bonds. The molecular formula is C30H46N2O. The van der Waals surface area contributed by atoms with E-state index in [1.807, 2.05) is 24.5 Å². The van der Waals surface area contributed by atoms with E-state index < -0.39 is 0 Å². The van der Waals surface area contributed by atoms with E-state index in [-0.39, 0.29) is 0 Å². The minimum absolute atomic E-state index is 0.803. The molecule has 0 radical (unpaired) electrons. The fourth-order valence-electron chi connectivity index (χ4n) is 5.08. The predicted octanol–water partition coefficient (Wildman–Crippen LogP) is 8.81. The van der Waals surface area contributed by atoms with Gasteiger partial charge in [0, 0.05) is 18.0 Å². The average molecular weight is 451 g/mol. The summed E-state index contributed by atoms with van der Waals surface area (Å²) in [5.41, 5.74) is 2.32. The summed E-state index contributed by atoms with van der Waals surface area (Å²) in [6.07, 6.45) is 24.1. The van der Waals surface area contributed by atoms with Gasteiger partial charge >= 0.3 is 0 Å². The summed E-state index contributed by atoms with van der Waals surface area (Å²) in [5.74, 6) is 3.63. The summed E-state index contributed by atoms with van der Waals surface area (Å²) in [5, 5.41) is 0. The number of nitrogens with zero attached hydrogens (tertiary/aromatic N) is 2. The Labute approximate surface area is 202 Å². The van der Waals surface area contributed by atoms with Gasteiger partial charge in [-0.2, -0.15) is 0 Å². The number of aromatic nitrogens is 2. The van der Waals surface area contributed by atoms with Crippen LogP contribution in [0.1, 0.15) is 109 Å². The lowest BCUT2D eigenvalue weighted by molar-refractivity contribution is 0.250. The van der Waals surface area contributed by atoms with Gasteiger partial charge in [0.1, 0.15) is 5.75 Å². The quantitative estimate of drug-likeness (QED) is 0.254. The van der Waals surface area contributed by atoms with Crippen LogP contribution >= 0.6 is 0 Å². The van der Waals surface area contributed by atoms with Crippen molar-refractivity contribution in [1.29, 1.82) is 0 Å². The molecular weight excluding hydrogens is 404 g/mol. The largest absolute Gasteiger partial charge is 0.494 e. The van der Waals surface area contributed by atoms with E-state index in [2.05, 4.69) is 35.9 Å².